The van der Waals surface area contributed by atoms with Gasteiger partial charge in [-0.25, -0.2) is 9.97 Å². The topological polar surface area (TPSA) is 68.1 Å². The smallest absolute Gasteiger partial charge is 0.227 e. The molecule has 0 unspecified atom stereocenters. The normalized spacial score (nSPS) is 17.1. The largest absolute Gasteiger partial charge is 0.378 e. The van der Waals surface area contributed by atoms with Crippen molar-refractivity contribution in [2.24, 2.45) is 0 Å². The van der Waals surface area contributed by atoms with Crippen LogP contribution < -0.4 is 10.2 Å². The lowest BCUT2D eigenvalue weighted by Crippen LogP contribution is -2.37. The molecule has 7 nitrogen and oxygen atoms in total. The van der Waals surface area contributed by atoms with Gasteiger partial charge in [0.05, 0.1) is 25.5 Å². The fourth-order valence-corrected chi connectivity index (χ4v) is 3.85. The summed E-state index contributed by atoms with van der Waals surface area (Å²) in [6.45, 7) is 7.02. The van der Waals surface area contributed by atoms with E-state index in [1.165, 1.54) is 0 Å². The van der Waals surface area contributed by atoms with Crippen LogP contribution in [0.3, 0.4) is 0 Å². The minimum atomic E-state index is 0.684. The highest BCUT2D eigenvalue weighted by molar-refractivity contribution is 7.99. The van der Waals surface area contributed by atoms with Crippen LogP contribution >= 0.6 is 11.8 Å². The lowest BCUT2D eigenvalue weighted by atomic mass is 10.3. The standard InChI is InChI=1S/C16H22N6OS/c1-2-12-9-14(20-15(18-12)21-3-6-23-7-4-21)17-10-13-11-22-5-8-24-16(22)19-13/h9,11H,2-8,10H2,1H3,(H,17,18,20). The summed E-state index contributed by atoms with van der Waals surface area (Å²) >= 11 is 1.82. The zero-order valence-corrected chi connectivity index (χ0v) is 14.7. The van der Waals surface area contributed by atoms with E-state index in [0.29, 0.717) is 6.54 Å². The monoisotopic (exact) mass is 346 g/mol. The average Bonchev–Trinajstić information content (AvgIpc) is 3.22. The van der Waals surface area contributed by atoms with Crippen LogP contribution in [0.2, 0.25) is 0 Å². The molecule has 4 heterocycles. The number of nitrogens with one attached hydrogen (secondary N) is 1. The van der Waals surface area contributed by atoms with Gasteiger partial charge in [-0.2, -0.15) is 4.98 Å². The first-order valence-electron chi connectivity index (χ1n) is 8.45. The van der Waals surface area contributed by atoms with Gasteiger partial charge in [0.1, 0.15) is 5.82 Å². The summed E-state index contributed by atoms with van der Waals surface area (Å²) < 4.78 is 7.64. The predicted octanol–water partition coefficient (Wildman–Crippen LogP) is 1.79. The van der Waals surface area contributed by atoms with Gasteiger partial charge in [-0.15, -0.1) is 0 Å². The van der Waals surface area contributed by atoms with Gasteiger partial charge < -0.3 is 19.5 Å². The highest BCUT2D eigenvalue weighted by Gasteiger charge is 2.16. The molecule has 0 radical (unpaired) electrons. The van der Waals surface area contributed by atoms with Crippen molar-refractivity contribution in [1.29, 1.82) is 0 Å². The second-order valence-corrected chi connectivity index (χ2v) is 6.97. The molecule has 0 aromatic carbocycles. The van der Waals surface area contributed by atoms with Gasteiger partial charge in [-0.3, -0.25) is 0 Å². The minimum absolute atomic E-state index is 0.684. The zero-order chi connectivity index (χ0) is 16.4. The molecule has 0 atom stereocenters. The number of thioether (sulfide) groups is 1. The molecule has 2 aromatic rings. The Balaban J connectivity index is 1.48. The molecule has 4 rings (SSSR count). The molecule has 1 fully saturated rings. The number of morpholine rings is 1. The van der Waals surface area contributed by atoms with Crippen LogP contribution in [0.25, 0.3) is 0 Å². The summed E-state index contributed by atoms with van der Waals surface area (Å²) in [7, 11) is 0. The maximum atomic E-state index is 5.42. The van der Waals surface area contributed by atoms with E-state index >= 15 is 0 Å². The predicted molar refractivity (Wildman–Crippen MR) is 94.7 cm³/mol. The molecule has 0 saturated carbocycles. The van der Waals surface area contributed by atoms with E-state index in [2.05, 4.69) is 37.9 Å². The van der Waals surface area contributed by atoms with E-state index in [-0.39, 0.29) is 0 Å². The van der Waals surface area contributed by atoms with Crippen LogP contribution in [-0.2, 0) is 24.2 Å². The van der Waals surface area contributed by atoms with Gasteiger partial charge in [0.2, 0.25) is 5.95 Å². The number of aryl methyl sites for hydroxylation is 2. The molecular formula is C16H22N6OS. The number of hydrogen-bond donors (Lipinski definition) is 1. The number of nitrogens with zero attached hydrogens (tertiary/aromatic N) is 5. The van der Waals surface area contributed by atoms with Crippen molar-refractivity contribution in [2.75, 3.05) is 42.3 Å². The van der Waals surface area contributed by atoms with E-state index in [1.807, 2.05) is 17.8 Å². The Morgan fingerprint density at radius 2 is 2.04 bits per heavy atom. The van der Waals surface area contributed by atoms with Crippen molar-refractivity contribution < 1.29 is 4.74 Å². The van der Waals surface area contributed by atoms with E-state index in [9.17, 15) is 0 Å². The molecule has 2 aliphatic rings. The first-order chi connectivity index (χ1) is 11.8. The minimum Gasteiger partial charge on any atom is -0.378 e. The second-order valence-electron chi connectivity index (χ2n) is 5.91. The Hall–Kier alpha value is -1.80. The van der Waals surface area contributed by atoms with Crippen LogP contribution in [0.5, 0.6) is 0 Å². The fraction of sp³-hybridized carbons (Fsp3) is 0.562. The van der Waals surface area contributed by atoms with E-state index in [4.69, 9.17) is 9.72 Å². The number of rotatable bonds is 5. The number of anilines is 2. The summed E-state index contributed by atoms with van der Waals surface area (Å²) in [4.78, 5) is 16.2. The number of ether oxygens (including phenoxy) is 1. The molecule has 1 saturated heterocycles. The van der Waals surface area contributed by atoms with Gasteiger partial charge in [-0.05, 0) is 6.42 Å². The number of hydrogen-bond acceptors (Lipinski definition) is 7. The van der Waals surface area contributed by atoms with Crippen molar-refractivity contribution in [3.05, 3.63) is 23.7 Å². The van der Waals surface area contributed by atoms with E-state index in [0.717, 1.165) is 73.3 Å². The molecule has 0 bridgehead atoms. The Bertz CT molecular complexity index is 691. The number of fused-ring (bicyclic) bond motifs is 1. The van der Waals surface area contributed by atoms with Gasteiger partial charge >= 0.3 is 0 Å². The van der Waals surface area contributed by atoms with Crippen LogP contribution in [0.1, 0.15) is 18.3 Å². The summed E-state index contributed by atoms with van der Waals surface area (Å²) in [6.07, 6.45) is 3.02. The zero-order valence-electron chi connectivity index (χ0n) is 13.9. The highest BCUT2D eigenvalue weighted by Crippen LogP contribution is 2.25. The SMILES string of the molecule is CCc1cc(NCc2cn3c(n2)SCC3)nc(N2CCOCC2)n1. The third kappa shape index (κ3) is 3.34. The summed E-state index contributed by atoms with van der Waals surface area (Å²) in [6, 6.07) is 2.03. The third-order valence-corrected chi connectivity index (χ3v) is 5.20. The maximum Gasteiger partial charge on any atom is 0.227 e. The molecule has 128 valence electrons. The molecule has 2 aliphatic heterocycles. The Morgan fingerprint density at radius 1 is 1.17 bits per heavy atom. The van der Waals surface area contributed by atoms with Crippen molar-refractivity contribution in [1.82, 2.24) is 19.5 Å². The molecular weight excluding hydrogens is 324 g/mol. The highest BCUT2D eigenvalue weighted by atomic mass is 32.2. The van der Waals surface area contributed by atoms with Gasteiger partial charge in [-0.1, -0.05) is 18.7 Å². The first kappa shape index (κ1) is 15.7. The van der Waals surface area contributed by atoms with Crippen LogP contribution in [0.4, 0.5) is 11.8 Å². The number of aromatic nitrogens is 4. The Morgan fingerprint density at radius 3 is 2.83 bits per heavy atom. The van der Waals surface area contributed by atoms with Crippen molar-refractivity contribution in [2.45, 2.75) is 31.6 Å². The average molecular weight is 346 g/mol. The van der Waals surface area contributed by atoms with Crippen LogP contribution in [-0.4, -0.2) is 51.6 Å². The molecule has 0 aliphatic carbocycles. The summed E-state index contributed by atoms with van der Waals surface area (Å²) in [5.74, 6) is 2.79. The lowest BCUT2D eigenvalue weighted by Gasteiger charge is -2.27. The molecule has 0 spiro atoms. The quantitative estimate of drug-likeness (QED) is 0.885. The Labute approximate surface area is 145 Å². The van der Waals surface area contributed by atoms with E-state index in [1.54, 1.807) is 0 Å². The second kappa shape index (κ2) is 6.98. The van der Waals surface area contributed by atoms with Gasteiger partial charge in [0, 0.05) is 43.3 Å². The van der Waals surface area contributed by atoms with Crippen molar-refractivity contribution in [3.63, 3.8) is 0 Å². The molecule has 8 heteroatoms. The van der Waals surface area contributed by atoms with E-state index < -0.39 is 0 Å². The third-order valence-electron chi connectivity index (χ3n) is 4.23. The van der Waals surface area contributed by atoms with Crippen LogP contribution in [0, 0.1) is 0 Å². The van der Waals surface area contributed by atoms with Gasteiger partial charge in [0.15, 0.2) is 5.16 Å². The Kier molecular flexibility index (Phi) is 4.57. The molecule has 24 heavy (non-hydrogen) atoms. The van der Waals surface area contributed by atoms with Crippen molar-refractivity contribution in [3.8, 4) is 0 Å². The molecule has 2 aromatic heterocycles. The number of imidazole rings is 1. The van der Waals surface area contributed by atoms with Gasteiger partial charge in [0.25, 0.3) is 0 Å². The summed E-state index contributed by atoms with van der Waals surface area (Å²) in [5, 5.41) is 4.53. The van der Waals surface area contributed by atoms with Crippen LogP contribution in [0.15, 0.2) is 17.4 Å². The first-order valence-corrected chi connectivity index (χ1v) is 9.44. The fourth-order valence-electron chi connectivity index (χ4n) is 2.89. The maximum absolute atomic E-state index is 5.42. The molecule has 0 amide bonds. The molecule has 1 N–H and O–H groups in total. The lowest BCUT2D eigenvalue weighted by molar-refractivity contribution is 0.122. The summed E-state index contributed by atoms with van der Waals surface area (Å²) in [5.41, 5.74) is 2.11. The van der Waals surface area contributed by atoms with Crippen molar-refractivity contribution >= 4 is 23.5 Å².